The summed E-state index contributed by atoms with van der Waals surface area (Å²) >= 11 is 0. The van der Waals surface area contributed by atoms with Gasteiger partial charge in [0.05, 0.1) is 17.1 Å². The van der Waals surface area contributed by atoms with Gasteiger partial charge in [-0.2, -0.15) is 0 Å². The lowest BCUT2D eigenvalue weighted by molar-refractivity contribution is -0.274. The highest BCUT2D eigenvalue weighted by Gasteiger charge is 2.32. The molecule has 4 nitrogen and oxygen atoms in total. The number of alkyl halides is 3. The van der Waals surface area contributed by atoms with E-state index in [-0.39, 0.29) is 5.75 Å². The lowest BCUT2D eigenvalue weighted by Gasteiger charge is -2.24. The summed E-state index contributed by atoms with van der Waals surface area (Å²) in [5, 5.41) is 12.9. The van der Waals surface area contributed by atoms with Crippen molar-refractivity contribution in [2.24, 2.45) is 16.8 Å². The molecule has 7 heteroatoms. The Bertz CT molecular complexity index is 646. The SMILES string of the molecule is CC1C[C@H]1CCCCCC1=Nc2ccc(OC(F)(F)F)cc2NC1O. The number of benzene rings is 1. The molecule has 1 aromatic carbocycles. The molecular formula is C18H23F3N2O2. The van der Waals surface area contributed by atoms with E-state index in [1.807, 2.05) is 0 Å². The first-order chi connectivity index (χ1) is 11.8. The van der Waals surface area contributed by atoms with Gasteiger partial charge >= 0.3 is 6.36 Å². The number of aliphatic imine (C=N–C) groups is 1. The third-order valence-corrected chi connectivity index (χ3v) is 4.86. The van der Waals surface area contributed by atoms with Gasteiger partial charge in [0.15, 0.2) is 6.23 Å². The van der Waals surface area contributed by atoms with Gasteiger partial charge in [0.25, 0.3) is 0 Å². The normalized spacial score (nSPS) is 25.0. The van der Waals surface area contributed by atoms with Crippen LogP contribution in [0.2, 0.25) is 0 Å². The van der Waals surface area contributed by atoms with E-state index < -0.39 is 12.6 Å². The average Bonchev–Trinajstić information content (AvgIpc) is 3.21. The Morgan fingerprint density at radius 1 is 1.28 bits per heavy atom. The topological polar surface area (TPSA) is 53.8 Å². The van der Waals surface area contributed by atoms with Crippen molar-refractivity contribution >= 4 is 17.1 Å². The van der Waals surface area contributed by atoms with Gasteiger partial charge in [-0.1, -0.05) is 26.2 Å². The van der Waals surface area contributed by atoms with Gasteiger partial charge in [-0.25, -0.2) is 0 Å². The Balaban J connectivity index is 1.53. The van der Waals surface area contributed by atoms with Gasteiger partial charge in [-0.05, 0) is 43.2 Å². The summed E-state index contributed by atoms with van der Waals surface area (Å²) in [7, 11) is 0. The number of hydrogen-bond acceptors (Lipinski definition) is 4. The summed E-state index contributed by atoms with van der Waals surface area (Å²) in [5.41, 5.74) is 1.47. The predicted molar refractivity (Wildman–Crippen MR) is 90.2 cm³/mol. The first-order valence-electron chi connectivity index (χ1n) is 8.73. The van der Waals surface area contributed by atoms with Crippen LogP contribution in [-0.4, -0.2) is 23.4 Å². The van der Waals surface area contributed by atoms with E-state index in [2.05, 4.69) is 22.0 Å². The fourth-order valence-electron chi connectivity index (χ4n) is 3.26. The molecule has 25 heavy (non-hydrogen) atoms. The molecule has 0 amide bonds. The minimum Gasteiger partial charge on any atom is -0.406 e. The van der Waals surface area contributed by atoms with Crippen LogP contribution in [0.25, 0.3) is 0 Å². The van der Waals surface area contributed by atoms with Crippen LogP contribution >= 0.6 is 0 Å². The van der Waals surface area contributed by atoms with Crippen LogP contribution in [0.4, 0.5) is 24.5 Å². The highest BCUT2D eigenvalue weighted by atomic mass is 19.4. The first kappa shape index (κ1) is 18.0. The van der Waals surface area contributed by atoms with Gasteiger partial charge < -0.3 is 15.2 Å². The molecule has 3 rings (SSSR count). The van der Waals surface area contributed by atoms with Crippen molar-refractivity contribution in [3.05, 3.63) is 18.2 Å². The van der Waals surface area contributed by atoms with E-state index in [9.17, 15) is 18.3 Å². The molecule has 3 atom stereocenters. The van der Waals surface area contributed by atoms with Crippen molar-refractivity contribution in [1.29, 1.82) is 0 Å². The Labute approximate surface area is 145 Å². The summed E-state index contributed by atoms with van der Waals surface area (Å²) in [6, 6.07) is 3.89. The second-order valence-corrected chi connectivity index (χ2v) is 6.95. The van der Waals surface area contributed by atoms with Crippen molar-refractivity contribution in [3.8, 4) is 5.75 Å². The third-order valence-electron chi connectivity index (χ3n) is 4.86. The van der Waals surface area contributed by atoms with E-state index in [4.69, 9.17) is 0 Å². The standard InChI is InChI=1S/C18H23F3N2O2/c1-11-9-12(11)5-3-2-4-6-15-17(24)23-16-10-13(25-18(19,20)21)7-8-14(16)22-15/h7-8,10-12,17,23-24H,2-6,9H2,1H3/t11?,12-,17?/m1/s1. The van der Waals surface area contributed by atoms with Crippen molar-refractivity contribution in [1.82, 2.24) is 0 Å². The van der Waals surface area contributed by atoms with Crippen LogP contribution in [0.15, 0.2) is 23.2 Å². The molecule has 0 bridgehead atoms. The summed E-state index contributed by atoms with van der Waals surface area (Å²) in [4.78, 5) is 4.39. The van der Waals surface area contributed by atoms with Crippen molar-refractivity contribution in [2.45, 2.75) is 58.0 Å². The number of fused-ring (bicyclic) bond motifs is 1. The van der Waals surface area contributed by atoms with Crippen LogP contribution in [0.3, 0.4) is 0 Å². The maximum Gasteiger partial charge on any atom is 0.573 e. The number of halogens is 3. The molecule has 2 unspecified atom stereocenters. The third kappa shape index (κ3) is 5.11. The Morgan fingerprint density at radius 3 is 2.72 bits per heavy atom. The number of hydrogen-bond donors (Lipinski definition) is 2. The average molecular weight is 356 g/mol. The summed E-state index contributed by atoms with van der Waals surface area (Å²) < 4.78 is 40.7. The number of nitrogens with zero attached hydrogens (tertiary/aromatic N) is 1. The van der Waals surface area contributed by atoms with E-state index in [1.165, 1.54) is 37.5 Å². The number of nitrogens with one attached hydrogen (secondary N) is 1. The zero-order valence-corrected chi connectivity index (χ0v) is 14.1. The molecule has 1 aliphatic carbocycles. The zero-order valence-electron chi connectivity index (χ0n) is 14.1. The van der Waals surface area contributed by atoms with E-state index in [0.29, 0.717) is 23.5 Å². The fourth-order valence-corrected chi connectivity index (χ4v) is 3.26. The summed E-state index contributed by atoms with van der Waals surface area (Å²) in [6.07, 6.45) is 0.829. The highest BCUT2D eigenvalue weighted by Crippen LogP contribution is 2.41. The van der Waals surface area contributed by atoms with E-state index in [1.54, 1.807) is 0 Å². The number of aliphatic hydroxyl groups excluding tert-OH is 1. The van der Waals surface area contributed by atoms with Crippen LogP contribution < -0.4 is 10.1 Å². The number of rotatable bonds is 7. The lowest BCUT2D eigenvalue weighted by Crippen LogP contribution is -2.31. The largest absolute Gasteiger partial charge is 0.573 e. The summed E-state index contributed by atoms with van der Waals surface area (Å²) in [5.74, 6) is 1.45. The Morgan fingerprint density at radius 2 is 2.04 bits per heavy atom. The molecule has 1 heterocycles. The molecule has 0 aromatic heterocycles. The quantitative estimate of drug-likeness (QED) is 0.676. The maximum atomic E-state index is 12.3. The second kappa shape index (κ2) is 7.23. The minimum absolute atomic E-state index is 0.334. The predicted octanol–water partition coefficient (Wildman–Crippen LogP) is 5.01. The van der Waals surface area contributed by atoms with Crippen LogP contribution in [-0.2, 0) is 0 Å². The second-order valence-electron chi connectivity index (χ2n) is 6.95. The van der Waals surface area contributed by atoms with Gasteiger partial charge in [-0.15, -0.1) is 13.2 Å². The molecular weight excluding hydrogens is 333 g/mol. The molecule has 1 fully saturated rings. The van der Waals surface area contributed by atoms with Crippen LogP contribution in [0, 0.1) is 11.8 Å². The molecule has 1 aromatic rings. The van der Waals surface area contributed by atoms with Gasteiger partial charge in [0.1, 0.15) is 5.75 Å². The number of anilines is 1. The van der Waals surface area contributed by atoms with E-state index >= 15 is 0 Å². The number of unbranched alkanes of at least 4 members (excludes halogenated alkanes) is 2. The van der Waals surface area contributed by atoms with Crippen molar-refractivity contribution in [3.63, 3.8) is 0 Å². The summed E-state index contributed by atoms with van der Waals surface area (Å²) in [6.45, 7) is 2.28. The molecule has 2 aliphatic rings. The molecule has 0 spiro atoms. The van der Waals surface area contributed by atoms with Crippen molar-refractivity contribution < 1.29 is 23.0 Å². The van der Waals surface area contributed by atoms with Gasteiger partial charge in [0, 0.05) is 6.07 Å². The van der Waals surface area contributed by atoms with Gasteiger partial charge in [-0.3, -0.25) is 4.99 Å². The Hall–Kier alpha value is -1.76. The fraction of sp³-hybridized carbons (Fsp3) is 0.611. The van der Waals surface area contributed by atoms with Crippen molar-refractivity contribution in [2.75, 3.05) is 5.32 Å². The monoisotopic (exact) mass is 356 g/mol. The van der Waals surface area contributed by atoms with E-state index in [0.717, 1.165) is 24.7 Å². The molecule has 1 saturated carbocycles. The molecule has 1 aliphatic heterocycles. The van der Waals surface area contributed by atoms with Crippen LogP contribution in [0.5, 0.6) is 5.75 Å². The molecule has 2 N–H and O–H groups in total. The first-order valence-corrected chi connectivity index (χ1v) is 8.73. The zero-order chi connectivity index (χ0) is 18.0. The minimum atomic E-state index is -4.74. The maximum absolute atomic E-state index is 12.3. The van der Waals surface area contributed by atoms with Crippen LogP contribution in [0.1, 0.15) is 45.4 Å². The number of aliphatic hydroxyl groups is 1. The number of ether oxygens (including phenoxy) is 1. The molecule has 0 radical (unpaired) electrons. The molecule has 0 saturated heterocycles. The smallest absolute Gasteiger partial charge is 0.406 e. The Kier molecular flexibility index (Phi) is 5.22. The molecule has 138 valence electrons. The van der Waals surface area contributed by atoms with Gasteiger partial charge in [0.2, 0.25) is 0 Å². The highest BCUT2D eigenvalue weighted by molar-refractivity contribution is 5.97. The lowest BCUT2D eigenvalue weighted by atomic mass is 10.0.